The third-order valence-corrected chi connectivity index (χ3v) is 3.86. The molecule has 27 heavy (non-hydrogen) atoms. The fraction of sp³-hybridized carbons (Fsp3) is 0.0526. The lowest BCUT2D eigenvalue weighted by molar-refractivity contribution is -0.384. The minimum Gasteiger partial charge on any atom is -0.452 e. The number of non-ortho nitro benzene ring substituents is 1. The molecular weight excluding hydrogens is 350 g/mol. The predicted molar refractivity (Wildman–Crippen MR) is 100 cm³/mol. The number of nitro groups is 1. The first-order chi connectivity index (χ1) is 13.0. The SMILES string of the molecule is Nc1cc([N+](=O)[O-])ccc1C(=O)OCC(=O)Nc1cccc2ccccc12. The summed E-state index contributed by atoms with van der Waals surface area (Å²) in [5, 5.41) is 15.2. The summed E-state index contributed by atoms with van der Waals surface area (Å²) in [7, 11) is 0. The van der Waals surface area contributed by atoms with E-state index < -0.39 is 23.4 Å². The van der Waals surface area contributed by atoms with Crippen LogP contribution < -0.4 is 11.1 Å². The number of rotatable bonds is 5. The van der Waals surface area contributed by atoms with Gasteiger partial charge >= 0.3 is 5.97 Å². The van der Waals surface area contributed by atoms with Crippen LogP contribution in [0.25, 0.3) is 10.8 Å². The van der Waals surface area contributed by atoms with Crippen LogP contribution in [0, 0.1) is 10.1 Å². The molecule has 0 saturated heterocycles. The van der Waals surface area contributed by atoms with Gasteiger partial charge in [0, 0.05) is 23.2 Å². The van der Waals surface area contributed by atoms with Gasteiger partial charge in [-0.1, -0.05) is 36.4 Å². The summed E-state index contributed by atoms with van der Waals surface area (Å²) >= 11 is 0. The Morgan fingerprint density at radius 3 is 2.56 bits per heavy atom. The molecule has 0 atom stereocenters. The highest BCUT2D eigenvalue weighted by Crippen LogP contribution is 2.23. The number of esters is 1. The quantitative estimate of drug-likeness (QED) is 0.310. The van der Waals surface area contributed by atoms with E-state index in [2.05, 4.69) is 5.32 Å². The normalized spacial score (nSPS) is 10.4. The van der Waals surface area contributed by atoms with Gasteiger partial charge in [-0.05, 0) is 17.5 Å². The number of fused-ring (bicyclic) bond motifs is 1. The molecular formula is C19H15N3O5. The van der Waals surface area contributed by atoms with Gasteiger partial charge in [-0.25, -0.2) is 4.79 Å². The van der Waals surface area contributed by atoms with E-state index in [1.54, 1.807) is 6.07 Å². The molecule has 0 aliphatic carbocycles. The molecule has 3 rings (SSSR count). The van der Waals surface area contributed by atoms with Gasteiger partial charge < -0.3 is 15.8 Å². The summed E-state index contributed by atoms with van der Waals surface area (Å²) < 4.78 is 4.95. The molecule has 8 nitrogen and oxygen atoms in total. The van der Waals surface area contributed by atoms with Gasteiger partial charge in [-0.2, -0.15) is 0 Å². The van der Waals surface area contributed by atoms with Gasteiger partial charge in [-0.3, -0.25) is 14.9 Å². The summed E-state index contributed by atoms with van der Waals surface area (Å²) in [5.74, 6) is -1.35. The number of nitrogens with one attached hydrogen (secondary N) is 1. The van der Waals surface area contributed by atoms with Crippen molar-refractivity contribution in [3.63, 3.8) is 0 Å². The number of ether oxygens (including phenoxy) is 1. The van der Waals surface area contributed by atoms with E-state index in [1.807, 2.05) is 36.4 Å². The number of carbonyl (C=O) groups is 2. The Kier molecular flexibility index (Phi) is 4.98. The minimum absolute atomic E-state index is 0.0430. The second kappa shape index (κ2) is 7.52. The Balaban J connectivity index is 1.65. The van der Waals surface area contributed by atoms with E-state index >= 15 is 0 Å². The molecule has 136 valence electrons. The first-order valence-electron chi connectivity index (χ1n) is 7.94. The zero-order chi connectivity index (χ0) is 19.4. The van der Waals surface area contributed by atoms with Crippen molar-refractivity contribution < 1.29 is 19.2 Å². The van der Waals surface area contributed by atoms with Crippen LogP contribution in [0.15, 0.2) is 60.7 Å². The molecule has 0 spiro atoms. The van der Waals surface area contributed by atoms with Crippen LogP contribution in [0.1, 0.15) is 10.4 Å². The Hall–Kier alpha value is -3.94. The van der Waals surface area contributed by atoms with E-state index in [1.165, 1.54) is 6.07 Å². The van der Waals surface area contributed by atoms with E-state index in [0.717, 1.165) is 22.9 Å². The lowest BCUT2D eigenvalue weighted by Crippen LogP contribution is -2.21. The summed E-state index contributed by atoms with van der Waals surface area (Å²) in [4.78, 5) is 34.3. The third kappa shape index (κ3) is 4.01. The Morgan fingerprint density at radius 2 is 1.81 bits per heavy atom. The fourth-order valence-electron chi connectivity index (χ4n) is 2.58. The molecule has 0 unspecified atom stereocenters. The van der Waals surface area contributed by atoms with Crippen LogP contribution >= 0.6 is 0 Å². The number of nitrogen functional groups attached to an aromatic ring is 1. The standard InChI is InChI=1S/C19H15N3O5/c20-16-10-13(22(25)26)8-9-15(16)19(24)27-11-18(23)21-17-7-3-5-12-4-1-2-6-14(12)17/h1-10H,11,20H2,(H,21,23). The van der Waals surface area contributed by atoms with Crippen LogP contribution in [-0.2, 0) is 9.53 Å². The molecule has 0 heterocycles. The second-order valence-electron chi connectivity index (χ2n) is 5.68. The smallest absolute Gasteiger partial charge is 0.340 e. The summed E-state index contributed by atoms with van der Waals surface area (Å²) in [6.07, 6.45) is 0. The lowest BCUT2D eigenvalue weighted by Gasteiger charge is -2.10. The number of anilines is 2. The highest BCUT2D eigenvalue weighted by molar-refractivity contribution is 6.03. The van der Waals surface area contributed by atoms with E-state index in [9.17, 15) is 19.7 Å². The zero-order valence-corrected chi connectivity index (χ0v) is 14.0. The van der Waals surface area contributed by atoms with Crippen LogP contribution in [-0.4, -0.2) is 23.4 Å². The third-order valence-electron chi connectivity index (χ3n) is 3.86. The average Bonchev–Trinajstić information content (AvgIpc) is 2.66. The summed E-state index contributed by atoms with van der Waals surface area (Å²) in [6, 6.07) is 16.4. The molecule has 3 aromatic carbocycles. The Morgan fingerprint density at radius 1 is 1.07 bits per heavy atom. The van der Waals surface area contributed by atoms with Crippen molar-refractivity contribution in [1.29, 1.82) is 0 Å². The molecule has 0 fully saturated rings. The molecule has 3 N–H and O–H groups in total. The van der Waals surface area contributed by atoms with Crippen LogP contribution in [0.5, 0.6) is 0 Å². The molecule has 3 aromatic rings. The van der Waals surface area contributed by atoms with Crippen molar-refractivity contribution in [2.75, 3.05) is 17.7 Å². The number of nitro benzene ring substituents is 1. The van der Waals surface area contributed by atoms with Gasteiger partial charge in [-0.15, -0.1) is 0 Å². The topological polar surface area (TPSA) is 125 Å². The van der Waals surface area contributed by atoms with E-state index in [-0.39, 0.29) is 16.9 Å². The molecule has 0 radical (unpaired) electrons. The monoisotopic (exact) mass is 365 g/mol. The average molecular weight is 365 g/mol. The Labute approximate surface area is 153 Å². The van der Waals surface area contributed by atoms with Gasteiger partial charge in [0.15, 0.2) is 6.61 Å². The fourth-order valence-corrected chi connectivity index (χ4v) is 2.58. The molecule has 1 amide bonds. The predicted octanol–water partition coefficient (Wildman–Crippen LogP) is 3.13. The molecule has 0 saturated carbocycles. The van der Waals surface area contributed by atoms with Crippen molar-refractivity contribution in [3.05, 3.63) is 76.3 Å². The van der Waals surface area contributed by atoms with Crippen molar-refractivity contribution in [3.8, 4) is 0 Å². The first kappa shape index (κ1) is 17.9. The maximum Gasteiger partial charge on any atom is 0.340 e. The molecule has 0 bridgehead atoms. The number of nitrogens with zero attached hydrogens (tertiary/aromatic N) is 1. The molecule has 0 aliphatic heterocycles. The van der Waals surface area contributed by atoms with Crippen LogP contribution in [0.2, 0.25) is 0 Å². The molecule has 0 aliphatic rings. The van der Waals surface area contributed by atoms with Crippen LogP contribution in [0.4, 0.5) is 17.1 Å². The minimum atomic E-state index is -0.838. The maximum atomic E-state index is 12.1. The van der Waals surface area contributed by atoms with Crippen LogP contribution in [0.3, 0.4) is 0 Å². The highest BCUT2D eigenvalue weighted by atomic mass is 16.6. The van der Waals surface area contributed by atoms with Gasteiger partial charge in [0.25, 0.3) is 11.6 Å². The van der Waals surface area contributed by atoms with Crippen molar-refractivity contribution in [2.45, 2.75) is 0 Å². The number of hydrogen-bond donors (Lipinski definition) is 2. The number of amides is 1. The Bertz CT molecular complexity index is 1040. The summed E-state index contributed by atoms with van der Waals surface area (Å²) in [6.45, 7) is -0.515. The highest BCUT2D eigenvalue weighted by Gasteiger charge is 2.17. The van der Waals surface area contributed by atoms with E-state index in [4.69, 9.17) is 10.5 Å². The summed E-state index contributed by atoms with van der Waals surface area (Å²) in [5.41, 5.74) is 5.87. The molecule has 8 heteroatoms. The number of carbonyl (C=O) groups excluding carboxylic acids is 2. The number of benzene rings is 3. The van der Waals surface area contributed by atoms with Crippen molar-refractivity contribution >= 4 is 39.7 Å². The largest absolute Gasteiger partial charge is 0.452 e. The van der Waals surface area contributed by atoms with Gasteiger partial charge in [0.1, 0.15) is 0 Å². The second-order valence-corrected chi connectivity index (χ2v) is 5.68. The maximum absolute atomic E-state index is 12.1. The number of hydrogen-bond acceptors (Lipinski definition) is 6. The van der Waals surface area contributed by atoms with Gasteiger partial charge in [0.05, 0.1) is 16.2 Å². The van der Waals surface area contributed by atoms with Crippen molar-refractivity contribution in [1.82, 2.24) is 0 Å². The van der Waals surface area contributed by atoms with Crippen molar-refractivity contribution in [2.24, 2.45) is 0 Å². The molecule has 0 aromatic heterocycles. The first-order valence-corrected chi connectivity index (χ1v) is 7.94. The lowest BCUT2D eigenvalue weighted by atomic mass is 10.1. The van der Waals surface area contributed by atoms with Gasteiger partial charge in [0.2, 0.25) is 0 Å². The number of nitrogens with two attached hydrogens (primary N) is 1. The van der Waals surface area contributed by atoms with E-state index in [0.29, 0.717) is 5.69 Å². The zero-order valence-electron chi connectivity index (χ0n) is 14.0.